The zero-order valence-corrected chi connectivity index (χ0v) is 13.0. The normalized spacial score (nSPS) is 12.7. The summed E-state index contributed by atoms with van der Waals surface area (Å²) in [6.07, 6.45) is 1.85. The van der Waals surface area contributed by atoms with Crippen molar-refractivity contribution in [2.75, 3.05) is 7.11 Å². The second kappa shape index (κ2) is 4.62. The van der Waals surface area contributed by atoms with Crippen molar-refractivity contribution in [1.29, 1.82) is 0 Å². The van der Waals surface area contributed by atoms with Gasteiger partial charge >= 0.3 is 5.97 Å². The van der Waals surface area contributed by atoms with Gasteiger partial charge in [-0.05, 0) is 31.5 Å². The molecule has 1 aromatic carbocycles. The van der Waals surface area contributed by atoms with Crippen molar-refractivity contribution in [2.24, 2.45) is 12.5 Å². The Hall–Kier alpha value is -1.84. The highest BCUT2D eigenvalue weighted by Gasteiger charge is 2.45. The first-order valence-corrected chi connectivity index (χ1v) is 6.72. The van der Waals surface area contributed by atoms with Gasteiger partial charge in [-0.3, -0.25) is 9.48 Å². The number of carbonyl (C=O) groups is 1. The predicted octanol–water partition coefficient (Wildman–Crippen LogP) is 3.05. The molecule has 0 bridgehead atoms. The minimum Gasteiger partial charge on any atom is -0.469 e. The number of aromatic nitrogens is 2. The Morgan fingerprint density at radius 3 is 2.50 bits per heavy atom. The summed E-state index contributed by atoms with van der Waals surface area (Å²) in [5.41, 5.74) is 1.23. The van der Waals surface area contributed by atoms with E-state index in [1.807, 2.05) is 37.8 Å². The highest BCUT2D eigenvalue weighted by Crippen LogP contribution is 2.42. The summed E-state index contributed by atoms with van der Waals surface area (Å²) < 4.78 is 6.80. The molecule has 1 heterocycles. The van der Waals surface area contributed by atoms with Crippen molar-refractivity contribution in [3.63, 3.8) is 0 Å². The third-order valence-electron chi connectivity index (χ3n) is 4.73. The molecule has 0 aliphatic heterocycles. The average Bonchev–Trinajstić information content (AvgIpc) is 2.78. The number of ether oxygens (including phenoxy) is 1. The number of carbonyl (C=O) groups excluding carboxylic acids is 1. The maximum atomic E-state index is 12.1. The molecule has 0 spiro atoms. The van der Waals surface area contributed by atoms with Crippen LogP contribution in [0.5, 0.6) is 0 Å². The molecular weight excluding hydrogens is 252 g/mol. The Morgan fingerprint density at radius 2 is 1.90 bits per heavy atom. The summed E-state index contributed by atoms with van der Waals surface area (Å²) >= 11 is 0. The average molecular weight is 274 g/mol. The first-order chi connectivity index (χ1) is 9.21. The fraction of sp³-hybridized carbons (Fsp3) is 0.500. The quantitative estimate of drug-likeness (QED) is 0.808. The molecule has 20 heavy (non-hydrogen) atoms. The standard InChI is InChI=1S/C16H22N2O2/c1-15(2,16(3,4)14(19)20-6)12-7-8-13-11(9-12)10-17-18(13)5/h7-10H,1-6H3. The van der Waals surface area contributed by atoms with E-state index in [9.17, 15) is 4.79 Å². The Bertz CT molecular complexity index is 654. The molecule has 0 N–H and O–H groups in total. The van der Waals surface area contributed by atoms with Crippen LogP contribution in [0.2, 0.25) is 0 Å². The van der Waals surface area contributed by atoms with Crippen molar-refractivity contribution in [1.82, 2.24) is 9.78 Å². The SMILES string of the molecule is COC(=O)C(C)(C)C(C)(C)c1ccc2c(cnn2C)c1. The Kier molecular flexibility index (Phi) is 3.36. The molecule has 0 amide bonds. The number of aryl methyl sites for hydroxylation is 1. The zero-order valence-electron chi connectivity index (χ0n) is 13.0. The first kappa shape index (κ1) is 14.6. The van der Waals surface area contributed by atoms with E-state index in [0.717, 1.165) is 16.5 Å². The third-order valence-corrected chi connectivity index (χ3v) is 4.73. The van der Waals surface area contributed by atoms with Gasteiger partial charge in [0.1, 0.15) is 0 Å². The summed E-state index contributed by atoms with van der Waals surface area (Å²) in [6, 6.07) is 6.22. The molecule has 0 aliphatic rings. The summed E-state index contributed by atoms with van der Waals surface area (Å²) in [7, 11) is 3.36. The lowest BCUT2D eigenvalue weighted by molar-refractivity contribution is -0.154. The van der Waals surface area contributed by atoms with Crippen LogP contribution in [0.25, 0.3) is 10.9 Å². The monoisotopic (exact) mass is 274 g/mol. The molecule has 0 radical (unpaired) electrons. The van der Waals surface area contributed by atoms with Crippen molar-refractivity contribution in [2.45, 2.75) is 33.1 Å². The minimum absolute atomic E-state index is 0.200. The Balaban J connectivity index is 2.53. The summed E-state index contributed by atoms with van der Waals surface area (Å²) in [5, 5.41) is 5.34. The molecule has 0 atom stereocenters. The molecular formula is C16H22N2O2. The van der Waals surface area contributed by atoms with Gasteiger partial charge in [-0.15, -0.1) is 0 Å². The largest absolute Gasteiger partial charge is 0.469 e. The van der Waals surface area contributed by atoms with E-state index >= 15 is 0 Å². The highest BCUT2D eigenvalue weighted by molar-refractivity contribution is 5.81. The lowest BCUT2D eigenvalue weighted by Crippen LogP contribution is -2.43. The van der Waals surface area contributed by atoms with Crippen LogP contribution in [0.4, 0.5) is 0 Å². The lowest BCUT2D eigenvalue weighted by atomic mass is 9.64. The van der Waals surface area contributed by atoms with Crippen molar-refractivity contribution < 1.29 is 9.53 Å². The van der Waals surface area contributed by atoms with Gasteiger partial charge < -0.3 is 4.74 Å². The maximum absolute atomic E-state index is 12.1. The number of nitrogens with zero attached hydrogens (tertiary/aromatic N) is 2. The van der Waals surface area contributed by atoms with Crippen LogP contribution in [0.3, 0.4) is 0 Å². The minimum atomic E-state index is -0.613. The van der Waals surface area contributed by atoms with E-state index in [1.165, 1.54) is 7.11 Å². The van der Waals surface area contributed by atoms with E-state index < -0.39 is 5.41 Å². The Morgan fingerprint density at radius 1 is 1.25 bits per heavy atom. The molecule has 0 unspecified atom stereocenters. The van der Waals surface area contributed by atoms with Crippen LogP contribution >= 0.6 is 0 Å². The number of hydrogen-bond donors (Lipinski definition) is 0. The highest BCUT2D eigenvalue weighted by atomic mass is 16.5. The van der Waals surface area contributed by atoms with Gasteiger partial charge in [-0.25, -0.2) is 0 Å². The van der Waals surface area contributed by atoms with Gasteiger partial charge in [-0.2, -0.15) is 5.10 Å². The molecule has 0 saturated heterocycles. The fourth-order valence-corrected chi connectivity index (χ4v) is 2.42. The molecule has 4 nitrogen and oxygen atoms in total. The molecule has 2 rings (SSSR count). The fourth-order valence-electron chi connectivity index (χ4n) is 2.42. The summed E-state index contributed by atoms with van der Waals surface area (Å²) in [6.45, 7) is 7.99. The van der Waals surface area contributed by atoms with Gasteiger partial charge in [0.05, 0.1) is 24.2 Å². The number of methoxy groups -OCH3 is 1. The number of esters is 1. The molecule has 4 heteroatoms. The smallest absolute Gasteiger partial charge is 0.312 e. The van der Waals surface area contributed by atoms with Crippen molar-refractivity contribution in [3.8, 4) is 0 Å². The van der Waals surface area contributed by atoms with Crippen LogP contribution in [0.1, 0.15) is 33.3 Å². The number of rotatable bonds is 3. The van der Waals surface area contributed by atoms with Crippen molar-refractivity contribution >= 4 is 16.9 Å². The predicted molar refractivity (Wildman–Crippen MR) is 79.5 cm³/mol. The molecule has 0 aliphatic carbocycles. The molecule has 0 fully saturated rings. The molecule has 2 aromatic rings. The first-order valence-electron chi connectivity index (χ1n) is 6.72. The van der Waals surface area contributed by atoms with Gasteiger partial charge in [0.2, 0.25) is 0 Å². The number of hydrogen-bond acceptors (Lipinski definition) is 3. The number of fused-ring (bicyclic) bond motifs is 1. The Labute approximate surface area is 119 Å². The lowest BCUT2D eigenvalue weighted by Gasteiger charge is -2.39. The van der Waals surface area contributed by atoms with E-state index in [0.29, 0.717) is 0 Å². The molecule has 108 valence electrons. The van der Waals surface area contributed by atoms with Crippen LogP contribution < -0.4 is 0 Å². The van der Waals surface area contributed by atoms with E-state index in [-0.39, 0.29) is 11.4 Å². The van der Waals surface area contributed by atoms with Gasteiger partial charge in [-0.1, -0.05) is 19.9 Å². The van der Waals surface area contributed by atoms with Gasteiger partial charge in [0, 0.05) is 17.8 Å². The van der Waals surface area contributed by atoms with Gasteiger partial charge in [0.15, 0.2) is 0 Å². The van der Waals surface area contributed by atoms with E-state index in [1.54, 1.807) is 0 Å². The number of benzene rings is 1. The molecule has 1 aromatic heterocycles. The van der Waals surface area contributed by atoms with Gasteiger partial charge in [0.25, 0.3) is 0 Å². The third kappa shape index (κ3) is 1.99. The summed E-state index contributed by atoms with van der Waals surface area (Å²) in [5.74, 6) is -0.200. The van der Waals surface area contributed by atoms with Crippen LogP contribution in [-0.4, -0.2) is 22.9 Å². The summed E-state index contributed by atoms with van der Waals surface area (Å²) in [4.78, 5) is 12.1. The topological polar surface area (TPSA) is 44.1 Å². The zero-order chi connectivity index (χ0) is 15.1. The second-order valence-electron chi connectivity index (χ2n) is 6.28. The van der Waals surface area contributed by atoms with Crippen LogP contribution in [0.15, 0.2) is 24.4 Å². The van der Waals surface area contributed by atoms with Crippen LogP contribution in [0, 0.1) is 5.41 Å². The maximum Gasteiger partial charge on any atom is 0.312 e. The van der Waals surface area contributed by atoms with E-state index in [2.05, 4.69) is 31.1 Å². The molecule has 0 saturated carbocycles. The van der Waals surface area contributed by atoms with E-state index in [4.69, 9.17) is 4.74 Å². The van der Waals surface area contributed by atoms with Crippen LogP contribution in [-0.2, 0) is 22.0 Å². The second-order valence-corrected chi connectivity index (χ2v) is 6.28. The van der Waals surface area contributed by atoms with Crippen molar-refractivity contribution in [3.05, 3.63) is 30.0 Å².